The summed E-state index contributed by atoms with van der Waals surface area (Å²) in [4.78, 5) is 26.4. The standard InChI is InChI=1S/C27H27I2N3O3/c1-17(2)24(27(34)32-30-16-18-14-21(28)25(35-3)22(29)15-18)31-26(33)23(19-10-6-4-7-11-19)20-12-8-5-9-13-20/h4-17,23-24H,1-3H3,(H,31,33)(H,32,34)/b30-16-/t24-/m0/s1. The molecule has 2 N–H and O–H groups in total. The fraction of sp³-hybridized carbons (Fsp3) is 0.222. The Balaban J connectivity index is 1.75. The summed E-state index contributed by atoms with van der Waals surface area (Å²) in [5.74, 6) is -0.467. The molecule has 35 heavy (non-hydrogen) atoms. The fourth-order valence-electron chi connectivity index (χ4n) is 3.65. The van der Waals surface area contributed by atoms with Crippen LogP contribution in [0.3, 0.4) is 0 Å². The summed E-state index contributed by atoms with van der Waals surface area (Å²) in [5, 5.41) is 7.08. The van der Waals surface area contributed by atoms with E-state index in [-0.39, 0.29) is 17.7 Å². The summed E-state index contributed by atoms with van der Waals surface area (Å²) in [6.45, 7) is 3.78. The van der Waals surface area contributed by atoms with Crippen molar-refractivity contribution in [2.45, 2.75) is 25.8 Å². The van der Waals surface area contributed by atoms with Crippen LogP contribution in [-0.4, -0.2) is 31.2 Å². The van der Waals surface area contributed by atoms with E-state index in [1.807, 2.05) is 86.6 Å². The Labute approximate surface area is 233 Å². The van der Waals surface area contributed by atoms with Crippen molar-refractivity contribution in [2.24, 2.45) is 11.0 Å². The van der Waals surface area contributed by atoms with Gasteiger partial charge in [-0.05, 0) is 79.9 Å². The molecule has 6 nitrogen and oxygen atoms in total. The lowest BCUT2D eigenvalue weighted by Crippen LogP contribution is -2.50. The van der Waals surface area contributed by atoms with E-state index < -0.39 is 12.0 Å². The van der Waals surface area contributed by atoms with Gasteiger partial charge in [0.25, 0.3) is 5.91 Å². The lowest BCUT2D eigenvalue weighted by Gasteiger charge is -2.24. The van der Waals surface area contributed by atoms with E-state index >= 15 is 0 Å². The number of carbonyl (C=O) groups excluding carboxylic acids is 2. The SMILES string of the molecule is COc1c(I)cc(/C=N\NC(=O)[C@@H](NC(=O)C(c2ccccc2)c2ccccc2)C(C)C)cc1I. The average molecular weight is 695 g/mol. The maximum atomic E-state index is 13.5. The van der Waals surface area contributed by atoms with Gasteiger partial charge in [-0.15, -0.1) is 0 Å². The number of nitrogens with zero attached hydrogens (tertiary/aromatic N) is 1. The van der Waals surface area contributed by atoms with E-state index in [2.05, 4.69) is 61.0 Å². The first-order chi connectivity index (χ1) is 16.8. The normalized spacial score (nSPS) is 12.1. The summed E-state index contributed by atoms with van der Waals surface area (Å²) in [6.07, 6.45) is 1.58. The molecule has 0 radical (unpaired) electrons. The second kappa shape index (κ2) is 13.0. The minimum absolute atomic E-state index is 0.135. The number of carbonyl (C=O) groups is 2. The first kappa shape index (κ1) is 27.1. The maximum Gasteiger partial charge on any atom is 0.262 e. The summed E-state index contributed by atoms with van der Waals surface area (Å²) in [7, 11) is 1.63. The molecule has 3 rings (SSSR count). The molecule has 3 aromatic carbocycles. The molecule has 0 aromatic heterocycles. The number of nitrogens with one attached hydrogen (secondary N) is 2. The molecule has 0 saturated carbocycles. The number of benzene rings is 3. The predicted molar refractivity (Wildman–Crippen MR) is 156 cm³/mol. The molecule has 3 aromatic rings. The predicted octanol–water partition coefficient (Wildman–Crippen LogP) is 5.33. The van der Waals surface area contributed by atoms with Gasteiger partial charge in [0, 0.05) is 0 Å². The highest BCUT2D eigenvalue weighted by atomic mass is 127. The summed E-state index contributed by atoms with van der Waals surface area (Å²) >= 11 is 4.40. The zero-order valence-electron chi connectivity index (χ0n) is 19.7. The largest absolute Gasteiger partial charge is 0.495 e. The van der Waals surface area contributed by atoms with Crippen molar-refractivity contribution in [2.75, 3.05) is 7.11 Å². The van der Waals surface area contributed by atoms with Gasteiger partial charge in [0.1, 0.15) is 11.8 Å². The number of hydrazone groups is 1. The van der Waals surface area contributed by atoms with Gasteiger partial charge < -0.3 is 10.1 Å². The highest BCUT2D eigenvalue weighted by Gasteiger charge is 2.29. The van der Waals surface area contributed by atoms with Crippen LogP contribution >= 0.6 is 45.2 Å². The molecule has 8 heteroatoms. The fourth-order valence-corrected chi connectivity index (χ4v) is 5.90. The molecule has 2 amide bonds. The van der Waals surface area contributed by atoms with Gasteiger partial charge in [0.15, 0.2) is 0 Å². The van der Waals surface area contributed by atoms with Crippen LogP contribution in [0.5, 0.6) is 5.75 Å². The number of methoxy groups -OCH3 is 1. The molecule has 0 aliphatic carbocycles. The Morgan fingerprint density at radius 3 is 1.86 bits per heavy atom. The maximum absolute atomic E-state index is 13.5. The van der Waals surface area contributed by atoms with Gasteiger partial charge in [-0.1, -0.05) is 74.5 Å². The molecule has 182 valence electrons. The number of halogens is 2. The Kier molecular flexibility index (Phi) is 10.1. The van der Waals surface area contributed by atoms with Crippen LogP contribution in [0.1, 0.15) is 36.5 Å². The van der Waals surface area contributed by atoms with Crippen molar-refractivity contribution < 1.29 is 14.3 Å². The lowest BCUT2D eigenvalue weighted by molar-refractivity contribution is -0.130. The highest BCUT2D eigenvalue weighted by molar-refractivity contribution is 14.1. The van der Waals surface area contributed by atoms with Gasteiger partial charge in [0.05, 0.1) is 26.4 Å². The molecule has 0 fully saturated rings. The molecule has 0 bridgehead atoms. The van der Waals surface area contributed by atoms with E-state index in [1.165, 1.54) is 0 Å². The van der Waals surface area contributed by atoms with Crippen LogP contribution in [0.15, 0.2) is 77.9 Å². The van der Waals surface area contributed by atoms with E-state index in [9.17, 15) is 9.59 Å². The van der Waals surface area contributed by atoms with Crippen LogP contribution in [-0.2, 0) is 9.59 Å². The minimum atomic E-state index is -0.745. The van der Waals surface area contributed by atoms with Gasteiger partial charge in [-0.25, -0.2) is 5.43 Å². The minimum Gasteiger partial charge on any atom is -0.495 e. The molecular formula is C27H27I2N3O3. The Morgan fingerprint density at radius 1 is 0.886 bits per heavy atom. The van der Waals surface area contributed by atoms with Crippen molar-refractivity contribution in [3.05, 3.63) is 96.6 Å². The van der Waals surface area contributed by atoms with E-state index in [4.69, 9.17) is 4.74 Å². The molecule has 0 spiro atoms. The van der Waals surface area contributed by atoms with Crippen LogP contribution in [0.25, 0.3) is 0 Å². The molecule has 0 aliphatic heterocycles. The second-order valence-corrected chi connectivity index (χ2v) is 10.6. The van der Waals surface area contributed by atoms with E-state index in [0.29, 0.717) is 0 Å². The van der Waals surface area contributed by atoms with Gasteiger partial charge >= 0.3 is 0 Å². The van der Waals surface area contributed by atoms with Gasteiger partial charge in [-0.2, -0.15) is 5.10 Å². The van der Waals surface area contributed by atoms with Crippen LogP contribution < -0.4 is 15.5 Å². The number of ether oxygens (including phenoxy) is 1. The van der Waals surface area contributed by atoms with Crippen molar-refractivity contribution in [3.63, 3.8) is 0 Å². The Morgan fingerprint density at radius 2 is 1.40 bits per heavy atom. The first-order valence-electron chi connectivity index (χ1n) is 11.1. The monoisotopic (exact) mass is 695 g/mol. The summed E-state index contributed by atoms with van der Waals surface area (Å²) in [5.41, 5.74) is 5.14. The number of hydrogen-bond acceptors (Lipinski definition) is 4. The first-order valence-corrected chi connectivity index (χ1v) is 13.2. The molecular weight excluding hydrogens is 668 g/mol. The quantitative estimate of drug-likeness (QED) is 0.181. The zero-order chi connectivity index (χ0) is 25.4. The third kappa shape index (κ3) is 7.26. The number of amides is 2. The number of rotatable bonds is 9. The smallest absolute Gasteiger partial charge is 0.262 e. The molecule has 0 heterocycles. The van der Waals surface area contributed by atoms with E-state index in [0.717, 1.165) is 29.6 Å². The van der Waals surface area contributed by atoms with Crippen LogP contribution in [0, 0.1) is 13.1 Å². The lowest BCUT2D eigenvalue weighted by atomic mass is 9.89. The second-order valence-electron chi connectivity index (χ2n) is 8.24. The molecule has 0 unspecified atom stereocenters. The summed E-state index contributed by atoms with van der Waals surface area (Å²) < 4.78 is 7.28. The number of hydrogen-bond donors (Lipinski definition) is 2. The average Bonchev–Trinajstić information content (AvgIpc) is 2.83. The van der Waals surface area contributed by atoms with Gasteiger partial charge in [0.2, 0.25) is 5.91 Å². The zero-order valence-corrected chi connectivity index (χ0v) is 24.0. The van der Waals surface area contributed by atoms with Gasteiger partial charge in [-0.3, -0.25) is 9.59 Å². The third-order valence-corrected chi connectivity index (χ3v) is 6.99. The van der Waals surface area contributed by atoms with Crippen molar-refractivity contribution in [3.8, 4) is 5.75 Å². The van der Waals surface area contributed by atoms with Crippen molar-refractivity contribution >= 4 is 63.2 Å². The summed E-state index contributed by atoms with van der Waals surface area (Å²) in [6, 6.07) is 22.2. The molecule has 0 saturated heterocycles. The van der Waals surface area contributed by atoms with E-state index in [1.54, 1.807) is 13.3 Å². The highest BCUT2D eigenvalue weighted by Crippen LogP contribution is 2.28. The Bertz CT molecular complexity index is 1120. The topological polar surface area (TPSA) is 79.8 Å². The molecule has 0 aliphatic rings. The Hall–Kier alpha value is -2.47. The van der Waals surface area contributed by atoms with Crippen LogP contribution in [0.2, 0.25) is 0 Å². The third-order valence-electron chi connectivity index (χ3n) is 5.39. The molecule has 1 atom stereocenters. The van der Waals surface area contributed by atoms with Crippen molar-refractivity contribution in [1.29, 1.82) is 0 Å². The van der Waals surface area contributed by atoms with Crippen LogP contribution in [0.4, 0.5) is 0 Å². The van der Waals surface area contributed by atoms with Crippen molar-refractivity contribution in [1.82, 2.24) is 10.7 Å².